The molecule has 2 aromatic carbocycles. The molecular formula is C27H39N3OS. The van der Waals surface area contributed by atoms with Crippen molar-refractivity contribution in [3.8, 4) is 0 Å². The fraction of sp³-hybridized carbons (Fsp3) is 0.519. The third-order valence-electron chi connectivity index (χ3n) is 6.26. The van der Waals surface area contributed by atoms with Crippen LogP contribution in [0.5, 0.6) is 0 Å². The lowest BCUT2D eigenvalue weighted by atomic mass is 9.98. The maximum Gasteiger partial charge on any atom is 0.173 e. The van der Waals surface area contributed by atoms with Gasteiger partial charge in [0, 0.05) is 38.4 Å². The van der Waals surface area contributed by atoms with E-state index in [1.807, 2.05) is 0 Å². The van der Waals surface area contributed by atoms with Gasteiger partial charge in [0.25, 0.3) is 0 Å². The van der Waals surface area contributed by atoms with E-state index in [4.69, 9.17) is 17.0 Å². The molecule has 0 bridgehead atoms. The SMILES string of the molecule is CCc1ccc(CN(CCCN2CCOCC2)C(=S)Nc2c(C)cccc2C(C)C)cc1. The molecule has 174 valence electrons. The van der Waals surface area contributed by atoms with Gasteiger partial charge in [0.1, 0.15) is 0 Å². The molecule has 5 heteroatoms. The van der Waals surface area contributed by atoms with Crippen LogP contribution in [0.15, 0.2) is 42.5 Å². The summed E-state index contributed by atoms with van der Waals surface area (Å²) in [5.41, 5.74) is 6.38. The number of anilines is 1. The quantitative estimate of drug-likeness (QED) is 0.499. The predicted molar refractivity (Wildman–Crippen MR) is 140 cm³/mol. The Labute approximate surface area is 199 Å². The molecule has 1 saturated heterocycles. The molecule has 2 aromatic rings. The number of nitrogens with one attached hydrogen (secondary N) is 1. The van der Waals surface area contributed by atoms with Gasteiger partial charge in [0.2, 0.25) is 0 Å². The zero-order chi connectivity index (χ0) is 22.9. The van der Waals surface area contributed by atoms with Gasteiger partial charge >= 0.3 is 0 Å². The Kier molecular flexibility index (Phi) is 9.51. The van der Waals surface area contributed by atoms with Crippen LogP contribution in [0.3, 0.4) is 0 Å². The Bertz CT molecular complexity index is 860. The third kappa shape index (κ3) is 7.03. The molecule has 0 saturated carbocycles. The lowest BCUT2D eigenvalue weighted by molar-refractivity contribution is 0.0368. The van der Waals surface area contributed by atoms with Gasteiger partial charge in [0.05, 0.1) is 13.2 Å². The standard InChI is InChI=1S/C27H39N3OS/c1-5-23-10-12-24(13-11-23)20-30(15-7-14-29-16-18-31-19-17-29)27(32)28-26-22(4)8-6-9-25(26)21(2)3/h6,8-13,21H,5,7,14-20H2,1-4H3,(H,28,32). The van der Waals surface area contributed by atoms with Crippen molar-refractivity contribution in [3.63, 3.8) is 0 Å². The summed E-state index contributed by atoms with van der Waals surface area (Å²) in [6.45, 7) is 15.4. The molecule has 1 aliphatic heterocycles. The van der Waals surface area contributed by atoms with Crippen LogP contribution < -0.4 is 5.32 Å². The van der Waals surface area contributed by atoms with E-state index in [0.717, 1.165) is 69.6 Å². The molecule has 32 heavy (non-hydrogen) atoms. The van der Waals surface area contributed by atoms with E-state index in [1.54, 1.807) is 0 Å². The van der Waals surface area contributed by atoms with Crippen LogP contribution in [-0.2, 0) is 17.7 Å². The second kappa shape index (κ2) is 12.3. The molecule has 0 spiro atoms. The number of rotatable bonds is 9. The van der Waals surface area contributed by atoms with Crippen LogP contribution in [-0.4, -0.2) is 54.3 Å². The number of nitrogens with zero attached hydrogens (tertiary/aromatic N) is 2. The van der Waals surface area contributed by atoms with Gasteiger partial charge in [-0.25, -0.2) is 0 Å². The van der Waals surface area contributed by atoms with E-state index in [0.29, 0.717) is 5.92 Å². The number of hydrogen-bond donors (Lipinski definition) is 1. The Balaban J connectivity index is 1.71. The van der Waals surface area contributed by atoms with E-state index < -0.39 is 0 Å². The minimum Gasteiger partial charge on any atom is -0.379 e. The number of ether oxygens (including phenoxy) is 1. The monoisotopic (exact) mass is 453 g/mol. The minimum absolute atomic E-state index is 0.441. The van der Waals surface area contributed by atoms with Gasteiger partial charge in [-0.1, -0.05) is 63.2 Å². The largest absolute Gasteiger partial charge is 0.379 e. The Morgan fingerprint density at radius 2 is 1.78 bits per heavy atom. The van der Waals surface area contributed by atoms with Crippen molar-refractivity contribution in [2.45, 2.75) is 53.0 Å². The molecule has 1 fully saturated rings. The molecular weight excluding hydrogens is 414 g/mol. The van der Waals surface area contributed by atoms with E-state index in [-0.39, 0.29) is 0 Å². The Hall–Kier alpha value is -1.95. The van der Waals surface area contributed by atoms with Gasteiger partial charge in [-0.05, 0) is 60.2 Å². The number of hydrogen-bond acceptors (Lipinski definition) is 3. The summed E-state index contributed by atoms with van der Waals surface area (Å²) in [6, 6.07) is 15.4. The van der Waals surface area contributed by atoms with Crippen molar-refractivity contribution in [3.05, 3.63) is 64.7 Å². The van der Waals surface area contributed by atoms with Gasteiger partial charge in [-0.15, -0.1) is 0 Å². The molecule has 1 aliphatic rings. The van der Waals surface area contributed by atoms with Crippen molar-refractivity contribution in [2.75, 3.05) is 44.7 Å². The van der Waals surface area contributed by atoms with Crippen LogP contribution in [0.2, 0.25) is 0 Å². The van der Waals surface area contributed by atoms with E-state index >= 15 is 0 Å². The molecule has 0 aliphatic carbocycles. The van der Waals surface area contributed by atoms with Crippen molar-refractivity contribution < 1.29 is 4.74 Å². The fourth-order valence-electron chi connectivity index (χ4n) is 4.19. The Morgan fingerprint density at radius 3 is 2.44 bits per heavy atom. The van der Waals surface area contributed by atoms with Crippen molar-refractivity contribution in [1.82, 2.24) is 9.80 Å². The van der Waals surface area contributed by atoms with Crippen LogP contribution in [0.25, 0.3) is 0 Å². The smallest absolute Gasteiger partial charge is 0.173 e. The second-order valence-electron chi connectivity index (χ2n) is 9.02. The topological polar surface area (TPSA) is 27.7 Å². The zero-order valence-corrected chi connectivity index (χ0v) is 21.0. The van der Waals surface area contributed by atoms with Crippen molar-refractivity contribution in [1.29, 1.82) is 0 Å². The summed E-state index contributed by atoms with van der Waals surface area (Å²) in [7, 11) is 0. The van der Waals surface area contributed by atoms with Crippen LogP contribution in [0.4, 0.5) is 5.69 Å². The molecule has 1 N–H and O–H groups in total. The summed E-state index contributed by atoms with van der Waals surface area (Å²) in [4.78, 5) is 4.82. The summed E-state index contributed by atoms with van der Waals surface area (Å²) < 4.78 is 5.49. The van der Waals surface area contributed by atoms with Gasteiger partial charge in [0.15, 0.2) is 5.11 Å². The highest BCUT2D eigenvalue weighted by Gasteiger charge is 2.16. The van der Waals surface area contributed by atoms with Crippen molar-refractivity contribution in [2.24, 2.45) is 0 Å². The number of thiocarbonyl (C=S) groups is 1. The zero-order valence-electron chi connectivity index (χ0n) is 20.2. The number of para-hydroxylation sites is 1. The highest BCUT2D eigenvalue weighted by molar-refractivity contribution is 7.80. The number of morpholine rings is 1. The highest BCUT2D eigenvalue weighted by Crippen LogP contribution is 2.28. The number of aryl methyl sites for hydroxylation is 2. The maximum atomic E-state index is 5.96. The highest BCUT2D eigenvalue weighted by atomic mass is 32.1. The van der Waals surface area contributed by atoms with E-state index in [9.17, 15) is 0 Å². The first-order valence-electron chi connectivity index (χ1n) is 12.0. The van der Waals surface area contributed by atoms with E-state index in [2.05, 4.69) is 85.3 Å². The fourth-order valence-corrected chi connectivity index (χ4v) is 4.45. The molecule has 1 heterocycles. The second-order valence-corrected chi connectivity index (χ2v) is 9.41. The average molecular weight is 454 g/mol. The number of benzene rings is 2. The maximum absolute atomic E-state index is 5.96. The minimum atomic E-state index is 0.441. The first-order valence-corrected chi connectivity index (χ1v) is 12.4. The summed E-state index contributed by atoms with van der Waals surface area (Å²) in [5.74, 6) is 0.441. The molecule has 0 unspecified atom stereocenters. The summed E-state index contributed by atoms with van der Waals surface area (Å²) >= 11 is 5.96. The van der Waals surface area contributed by atoms with Crippen LogP contribution >= 0.6 is 12.2 Å². The van der Waals surface area contributed by atoms with Crippen molar-refractivity contribution >= 4 is 23.0 Å². The Morgan fingerprint density at radius 1 is 1.09 bits per heavy atom. The van der Waals surface area contributed by atoms with E-state index in [1.165, 1.54) is 22.3 Å². The lowest BCUT2D eigenvalue weighted by Gasteiger charge is -2.30. The molecule has 3 rings (SSSR count). The van der Waals surface area contributed by atoms with Gasteiger partial charge < -0.3 is 15.0 Å². The van der Waals surface area contributed by atoms with Crippen LogP contribution in [0, 0.1) is 6.92 Å². The molecule has 0 amide bonds. The molecule has 4 nitrogen and oxygen atoms in total. The third-order valence-corrected chi connectivity index (χ3v) is 6.62. The van der Waals surface area contributed by atoms with Crippen LogP contribution in [0.1, 0.15) is 55.4 Å². The molecule has 0 atom stereocenters. The first-order chi connectivity index (χ1) is 15.5. The first kappa shape index (κ1) is 24.7. The average Bonchev–Trinajstić information content (AvgIpc) is 2.80. The van der Waals surface area contributed by atoms with Gasteiger partial charge in [-0.2, -0.15) is 0 Å². The normalized spacial score (nSPS) is 14.5. The van der Waals surface area contributed by atoms with Gasteiger partial charge in [-0.3, -0.25) is 4.90 Å². The predicted octanol–water partition coefficient (Wildman–Crippen LogP) is 5.60. The lowest BCUT2D eigenvalue weighted by Crippen LogP contribution is -2.40. The summed E-state index contributed by atoms with van der Waals surface area (Å²) in [6.07, 6.45) is 2.15. The summed E-state index contributed by atoms with van der Waals surface area (Å²) in [5, 5.41) is 4.42. The molecule has 0 aromatic heterocycles. The molecule has 0 radical (unpaired) electrons.